The molecular formula is C14H12FNO2. The van der Waals surface area contributed by atoms with Gasteiger partial charge >= 0.3 is 0 Å². The minimum atomic E-state index is -0.540. The maximum Gasteiger partial charge on any atom is 0.259 e. The number of rotatable bonds is 2. The van der Waals surface area contributed by atoms with E-state index in [4.69, 9.17) is 0 Å². The zero-order valence-electron chi connectivity index (χ0n) is 9.77. The number of aryl methyl sites for hydroxylation is 1. The van der Waals surface area contributed by atoms with Gasteiger partial charge in [0.25, 0.3) is 5.91 Å². The number of benzene rings is 2. The van der Waals surface area contributed by atoms with Crippen LogP contribution in [0.25, 0.3) is 0 Å². The molecule has 2 aromatic rings. The number of aromatic hydroxyl groups is 1. The van der Waals surface area contributed by atoms with E-state index in [2.05, 4.69) is 5.32 Å². The molecule has 0 radical (unpaired) electrons. The van der Waals surface area contributed by atoms with Crippen LogP contribution in [-0.2, 0) is 0 Å². The number of phenols is 1. The molecule has 18 heavy (non-hydrogen) atoms. The van der Waals surface area contributed by atoms with Crippen molar-refractivity contribution >= 4 is 11.6 Å². The number of carbonyl (C=O) groups is 1. The summed E-state index contributed by atoms with van der Waals surface area (Å²) < 4.78 is 13.4. The van der Waals surface area contributed by atoms with E-state index in [9.17, 15) is 14.3 Å². The predicted molar refractivity (Wildman–Crippen MR) is 67.2 cm³/mol. The van der Waals surface area contributed by atoms with Gasteiger partial charge in [-0.3, -0.25) is 4.79 Å². The molecule has 0 aliphatic carbocycles. The summed E-state index contributed by atoms with van der Waals surface area (Å²) in [4.78, 5) is 11.9. The standard InChI is InChI=1S/C14H12FNO2/c1-9-6-7-13(17)10(8-9)14(18)16-12-5-3-2-4-11(12)15/h2-8,17H,1H3,(H,16,18). The Kier molecular flexibility index (Phi) is 3.28. The summed E-state index contributed by atoms with van der Waals surface area (Å²) in [6, 6.07) is 10.5. The van der Waals surface area contributed by atoms with Gasteiger partial charge in [-0.2, -0.15) is 0 Å². The van der Waals surface area contributed by atoms with E-state index in [1.54, 1.807) is 25.1 Å². The van der Waals surface area contributed by atoms with Crippen LogP contribution in [0.1, 0.15) is 15.9 Å². The van der Waals surface area contributed by atoms with Crippen LogP contribution in [0.4, 0.5) is 10.1 Å². The normalized spacial score (nSPS) is 10.1. The molecule has 0 aromatic heterocycles. The lowest BCUT2D eigenvalue weighted by molar-refractivity contribution is 0.102. The number of hydrogen-bond acceptors (Lipinski definition) is 2. The van der Waals surface area contributed by atoms with Gasteiger partial charge < -0.3 is 10.4 Å². The Labute approximate surface area is 104 Å². The summed E-state index contributed by atoms with van der Waals surface area (Å²) in [5.41, 5.74) is 1.05. The molecule has 0 unspecified atom stereocenters. The van der Waals surface area contributed by atoms with E-state index in [0.29, 0.717) is 0 Å². The first-order valence-electron chi connectivity index (χ1n) is 5.43. The third kappa shape index (κ3) is 2.48. The lowest BCUT2D eigenvalue weighted by Gasteiger charge is -2.08. The summed E-state index contributed by atoms with van der Waals surface area (Å²) in [7, 11) is 0. The van der Waals surface area contributed by atoms with E-state index in [1.807, 2.05) is 0 Å². The number of amides is 1. The van der Waals surface area contributed by atoms with Gasteiger partial charge in [-0.25, -0.2) is 4.39 Å². The Morgan fingerprint density at radius 1 is 1.22 bits per heavy atom. The minimum Gasteiger partial charge on any atom is -0.507 e. The molecule has 2 rings (SSSR count). The van der Waals surface area contributed by atoms with E-state index >= 15 is 0 Å². The SMILES string of the molecule is Cc1ccc(O)c(C(=O)Nc2ccccc2F)c1. The second kappa shape index (κ2) is 4.87. The fraction of sp³-hybridized carbons (Fsp3) is 0.0714. The first-order valence-corrected chi connectivity index (χ1v) is 5.43. The molecular weight excluding hydrogens is 233 g/mol. The Morgan fingerprint density at radius 3 is 2.67 bits per heavy atom. The van der Waals surface area contributed by atoms with Crippen LogP contribution in [0.5, 0.6) is 5.75 Å². The minimum absolute atomic E-state index is 0.0865. The molecule has 0 bridgehead atoms. The summed E-state index contributed by atoms with van der Waals surface area (Å²) in [5.74, 6) is -1.19. The van der Waals surface area contributed by atoms with E-state index in [0.717, 1.165) is 5.56 Å². The second-order valence-electron chi connectivity index (χ2n) is 3.95. The maximum atomic E-state index is 13.4. The first-order chi connectivity index (χ1) is 8.58. The van der Waals surface area contributed by atoms with Crippen molar-refractivity contribution < 1.29 is 14.3 Å². The molecule has 0 fully saturated rings. The summed E-state index contributed by atoms with van der Waals surface area (Å²) in [6.45, 7) is 1.80. The fourth-order valence-electron chi connectivity index (χ4n) is 1.58. The second-order valence-corrected chi connectivity index (χ2v) is 3.95. The maximum absolute atomic E-state index is 13.4. The average Bonchev–Trinajstić information content (AvgIpc) is 2.35. The van der Waals surface area contributed by atoms with Crippen LogP contribution in [-0.4, -0.2) is 11.0 Å². The van der Waals surface area contributed by atoms with E-state index in [-0.39, 0.29) is 17.0 Å². The average molecular weight is 245 g/mol. The van der Waals surface area contributed by atoms with Crippen molar-refractivity contribution in [3.05, 3.63) is 59.4 Å². The van der Waals surface area contributed by atoms with Gasteiger partial charge in [0, 0.05) is 0 Å². The van der Waals surface area contributed by atoms with Crippen molar-refractivity contribution in [1.82, 2.24) is 0 Å². The van der Waals surface area contributed by atoms with Crippen molar-refractivity contribution in [2.45, 2.75) is 6.92 Å². The number of nitrogens with one attached hydrogen (secondary N) is 1. The Balaban J connectivity index is 2.28. The highest BCUT2D eigenvalue weighted by Gasteiger charge is 2.12. The van der Waals surface area contributed by atoms with Gasteiger partial charge in [-0.15, -0.1) is 0 Å². The molecule has 92 valence electrons. The van der Waals surface area contributed by atoms with Crippen molar-refractivity contribution in [1.29, 1.82) is 0 Å². The van der Waals surface area contributed by atoms with Crippen LogP contribution >= 0.6 is 0 Å². The van der Waals surface area contributed by atoms with Gasteiger partial charge in [0.05, 0.1) is 11.3 Å². The lowest BCUT2D eigenvalue weighted by Crippen LogP contribution is -2.13. The Hall–Kier alpha value is -2.36. The number of phenolic OH excluding ortho intramolecular Hbond substituents is 1. The molecule has 2 N–H and O–H groups in total. The summed E-state index contributed by atoms with van der Waals surface area (Å²) >= 11 is 0. The largest absolute Gasteiger partial charge is 0.507 e. The number of anilines is 1. The Bertz CT molecular complexity index is 596. The molecule has 0 heterocycles. The van der Waals surface area contributed by atoms with Gasteiger partial charge in [0.1, 0.15) is 11.6 Å². The van der Waals surface area contributed by atoms with Gasteiger partial charge in [-0.05, 0) is 31.2 Å². The molecule has 0 aliphatic rings. The number of hydrogen-bond donors (Lipinski definition) is 2. The van der Waals surface area contributed by atoms with Crippen LogP contribution in [0.15, 0.2) is 42.5 Å². The topological polar surface area (TPSA) is 49.3 Å². The first kappa shape index (κ1) is 12.1. The monoisotopic (exact) mass is 245 g/mol. The summed E-state index contributed by atoms with van der Waals surface area (Å²) in [5, 5.41) is 12.0. The molecule has 0 saturated carbocycles. The lowest BCUT2D eigenvalue weighted by atomic mass is 10.1. The summed E-state index contributed by atoms with van der Waals surface area (Å²) in [6.07, 6.45) is 0. The van der Waals surface area contributed by atoms with Crippen LogP contribution in [0.3, 0.4) is 0 Å². The molecule has 4 heteroatoms. The van der Waals surface area contributed by atoms with Gasteiger partial charge in [-0.1, -0.05) is 23.8 Å². The molecule has 0 atom stereocenters. The highest BCUT2D eigenvalue weighted by molar-refractivity contribution is 6.06. The Morgan fingerprint density at radius 2 is 1.94 bits per heavy atom. The zero-order chi connectivity index (χ0) is 13.1. The van der Waals surface area contributed by atoms with Crippen LogP contribution in [0, 0.1) is 12.7 Å². The third-order valence-electron chi connectivity index (χ3n) is 2.52. The number of para-hydroxylation sites is 1. The molecule has 1 amide bonds. The fourth-order valence-corrected chi connectivity index (χ4v) is 1.58. The number of carbonyl (C=O) groups excluding carboxylic acids is 1. The third-order valence-corrected chi connectivity index (χ3v) is 2.52. The highest BCUT2D eigenvalue weighted by Crippen LogP contribution is 2.20. The molecule has 2 aromatic carbocycles. The van der Waals surface area contributed by atoms with Gasteiger partial charge in [0.2, 0.25) is 0 Å². The predicted octanol–water partition coefficient (Wildman–Crippen LogP) is 3.09. The highest BCUT2D eigenvalue weighted by atomic mass is 19.1. The van der Waals surface area contributed by atoms with Crippen molar-refractivity contribution in [3.8, 4) is 5.75 Å². The van der Waals surface area contributed by atoms with Crippen molar-refractivity contribution in [3.63, 3.8) is 0 Å². The van der Waals surface area contributed by atoms with Gasteiger partial charge in [0.15, 0.2) is 0 Å². The van der Waals surface area contributed by atoms with E-state index < -0.39 is 11.7 Å². The van der Waals surface area contributed by atoms with E-state index in [1.165, 1.54) is 24.3 Å². The quantitative estimate of drug-likeness (QED) is 0.854. The van der Waals surface area contributed by atoms with Crippen LogP contribution in [0.2, 0.25) is 0 Å². The number of halogens is 1. The molecule has 0 spiro atoms. The van der Waals surface area contributed by atoms with Crippen LogP contribution < -0.4 is 5.32 Å². The smallest absolute Gasteiger partial charge is 0.259 e. The molecule has 0 saturated heterocycles. The molecule has 3 nitrogen and oxygen atoms in total. The van der Waals surface area contributed by atoms with Crippen molar-refractivity contribution in [2.24, 2.45) is 0 Å². The van der Waals surface area contributed by atoms with Crippen molar-refractivity contribution in [2.75, 3.05) is 5.32 Å². The zero-order valence-corrected chi connectivity index (χ0v) is 9.77. The molecule has 0 aliphatic heterocycles.